The summed E-state index contributed by atoms with van der Waals surface area (Å²) in [4.78, 5) is 10.1. The molecule has 1 unspecified atom stereocenters. The van der Waals surface area contributed by atoms with Gasteiger partial charge in [-0.3, -0.25) is 0 Å². The predicted molar refractivity (Wildman–Crippen MR) is 66.6 cm³/mol. The Morgan fingerprint density at radius 2 is 2.18 bits per heavy atom. The lowest BCUT2D eigenvalue weighted by Gasteiger charge is -2.35. The van der Waals surface area contributed by atoms with Crippen molar-refractivity contribution in [1.29, 1.82) is 0 Å². The Kier molecular flexibility index (Phi) is 3.33. The van der Waals surface area contributed by atoms with Crippen LogP contribution < -0.4 is 4.90 Å². The fourth-order valence-electron chi connectivity index (χ4n) is 2.28. The molecule has 2 rings (SSSR count). The van der Waals surface area contributed by atoms with Crippen LogP contribution in [-0.4, -0.2) is 36.6 Å². The molecule has 1 saturated heterocycles. The van der Waals surface area contributed by atoms with Crippen molar-refractivity contribution >= 4 is 15.7 Å². The van der Waals surface area contributed by atoms with Gasteiger partial charge in [0.15, 0.2) is 9.84 Å². The SMILES string of the molecule is Cc1cncnc1N1CCCCC1S(C)(=O)=O. The van der Waals surface area contributed by atoms with Crippen LogP contribution in [0, 0.1) is 6.92 Å². The maximum atomic E-state index is 11.8. The molecule has 1 aliphatic rings. The molecule has 1 aromatic heterocycles. The highest BCUT2D eigenvalue weighted by molar-refractivity contribution is 7.91. The van der Waals surface area contributed by atoms with Crippen LogP contribution in [-0.2, 0) is 9.84 Å². The van der Waals surface area contributed by atoms with Crippen molar-refractivity contribution in [2.24, 2.45) is 0 Å². The topological polar surface area (TPSA) is 63.2 Å². The quantitative estimate of drug-likeness (QED) is 0.793. The van der Waals surface area contributed by atoms with Gasteiger partial charge in [0.2, 0.25) is 0 Å². The Labute approximate surface area is 102 Å². The maximum Gasteiger partial charge on any atom is 0.168 e. The predicted octanol–water partition coefficient (Wildman–Crippen LogP) is 1.15. The Balaban J connectivity index is 2.38. The van der Waals surface area contributed by atoms with Gasteiger partial charge in [-0.25, -0.2) is 18.4 Å². The first-order chi connectivity index (χ1) is 8.00. The summed E-state index contributed by atoms with van der Waals surface area (Å²) in [5.41, 5.74) is 0.919. The highest BCUT2D eigenvalue weighted by Gasteiger charge is 2.31. The minimum Gasteiger partial charge on any atom is -0.339 e. The van der Waals surface area contributed by atoms with Crippen LogP contribution >= 0.6 is 0 Å². The number of rotatable bonds is 2. The van der Waals surface area contributed by atoms with Gasteiger partial charge in [-0.2, -0.15) is 0 Å². The van der Waals surface area contributed by atoms with E-state index in [2.05, 4.69) is 9.97 Å². The molecule has 0 bridgehead atoms. The molecule has 1 fully saturated rings. The number of hydrogen-bond acceptors (Lipinski definition) is 5. The number of piperidine rings is 1. The summed E-state index contributed by atoms with van der Waals surface area (Å²) in [6, 6.07) is 0. The lowest BCUT2D eigenvalue weighted by molar-refractivity contribution is 0.507. The second-order valence-electron chi connectivity index (χ2n) is 4.50. The monoisotopic (exact) mass is 255 g/mol. The summed E-state index contributed by atoms with van der Waals surface area (Å²) in [6.45, 7) is 2.65. The van der Waals surface area contributed by atoms with E-state index in [0.29, 0.717) is 6.42 Å². The Hall–Kier alpha value is -1.17. The highest BCUT2D eigenvalue weighted by atomic mass is 32.2. The van der Waals surface area contributed by atoms with Crippen molar-refractivity contribution in [3.8, 4) is 0 Å². The van der Waals surface area contributed by atoms with E-state index < -0.39 is 15.2 Å². The van der Waals surface area contributed by atoms with E-state index in [9.17, 15) is 8.42 Å². The lowest BCUT2D eigenvalue weighted by Crippen LogP contribution is -2.45. The zero-order valence-electron chi connectivity index (χ0n) is 10.1. The van der Waals surface area contributed by atoms with E-state index in [1.54, 1.807) is 6.20 Å². The first kappa shape index (κ1) is 12.3. The van der Waals surface area contributed by atoms with E-state index >= 15 is 0 Å². The van der Waals surface area contributed by atoms with E-state index in [-0.39, 0.29) is 0 Å². The Morgan fingerprint density at radius 3 is 2.82 bits per heavy atom. The Morgan fingerprint density at radius 1 is 1.41 bits per heavy atom. The molecule has 6 heteroatoms. The first-order valence-corrected chi connectivity index (χ1v) is 7.68. The van der Waals surface area contributed by atoms with Crippen LogP contribution in [0.25, 0.3) is 0 Å². The van der Waals surface area contributed by atoms with Gasteiger partial charge in [0.05, 0.1) is 0 Å². The maximum absolute atomic E-state index is 11.8. The van der Waals surface area contributed by atoms with E-state index in [0.717, 1.165) is 30.8 Å². The van der Waals surface area contributed by atoms with E-state index in [1.807, 2.05) is 11.8 Å². The van der Waals surface area contributed by atoms with Gasteiger partial charge in [-0.05, 0) is 26.2 Å². The minimum absolute atomic E-state index is 0.440. The molecule has 1 atom stereocenters. The normalized spacial score (nSPS) is 21.5. The Bertz CT molecular complexity index is 501. The van der Waals surface area contributed by atoms with Gasteiger partial charge >= 0.3 is 0 Å². The smallest absolute Gasteiger partial charge is 0.168 e. The molecule has 2 heterocycles. The fraction of sp³-hybridized carbons (Fsp3) is 0.636. The van der Waals surface area contributed by atoms with Crippen molar-refractivity contribution in [3.63, 3.8) is 0 Å². The zero-order chi connectivity index (χ0) is 12.5. The summed E-state index contributed by atoms with van der Waals surface area (Å²) in [7, 11) is -3.07. The van der Waals surface area contributed by atoms with Gasteiger partial charge in [0.25, 0.3) is 0 Å². The molecular formula is C11H17N3O2S. The molecule has 0 spiro atoms. The van der Waals surface area contributed by atoms with Gasteiger partial charge in [-0.1, -0.05) is 0 Å². The lowest BCUT2D eigenvalue weighted by atomic mass is 10.1. The minimum atomic E-state index is -3.07. The van der Waals surface area contributed by atoms with Crippen molar-refractivity contribution in [2.45, 2.75) is 31.6 Å². The third kappa shape index (κ3) is 2.57. The summed E-state index contributed by atoms with van der Waals surface area (Å²) in [5.74, 6) is 0.745. The van der Waals surface area contributed by atoms with Crippen LogP contribution in [0.3, 0.4) is 0 Å². The van der Waals surface area contributed by atoms with Crippen molar-refractivity contribution in [2.75, 3.05) is 17.7 Å². The summed E-state index contributed by atoms with van der Waals surface area (Å²) < 4.78 is 23.6. The van der Waals surface area contributed by atoms with Gasteiger partial charge in [-0.15, -0.1) is 0 Å². The zero-order valence-corrected chi connectivity index (χ0v) is 10.9. The molecule has 0 radical (unpaired) electrons. The summed E-state index contributed by atoms with van der Waals surface area (Å²) in [6.07, 6.45) is 7.13. The number of aryl methyl sites for hydroxylation is 1. The molecule has 1 aliphatic heterocycles. The number of sulfone groups is 1. The largest absolute Gasteiger partial charge is 0.339 e. The molecule has 5 nitrogen and oxygen atoms in total. The molecule has 0 amide bonds. The van der Waals surface area contributed by atoms with Crippen LogP contribution in [0.15, 0.2) is 12.5 Å². The molecular weight excluding hydrogens is 238 g/mol. The number of nitrogens with zero attached hydrogens (tertiary/aromatic N) is 3. The van der Waals surface area contributed by atoms with Crippen LogP contribution in [0.2, 0.25) is 0 Å². The van der Waals surface area contributed by atoms with Crippen LogP contribution in [0.5, 0.6) is 0 Å². The fourth-order valence-corrected chi connectivity index (χ4v) is 3.54. The second-order valence-corrected chi connectivity index (χ2v) is 6.71. The highest BCUT2D eigenvalue weighted by Crippen LogP contribution is 2.27. The third-order valence-corrected chi connectivity index (χ3v) is 4.56. The number of anilines is 1. The van der Waals surface area contributed by atoms with Crippen molar-refractivity contribution in [3.05, 3.63) is 18.1 Å². The van der Waals surface area contributed by atoms with Gasteiger partial charge in [0.1, 0.15) is 17.5 Å². The third-order valence-electron chi connectivity index (χ3n) is 3.08. The van der Waals surface area contributed by atoms with E-state index in [1.165, 1.54) is 12.6 Å². The second kappa shape index (κ2) is 4.60. The molecule has 0 aliphatic carbocycles. The molecule has 0 saturated carbocycles. The van der Waals surface area contributed by atoms with E-state index in [4.69, 9.17) is 0 Å². The summed E-state index contributed by atoms with van der Waals surface area (Å²) in [5, 5.41) is -0.440. The molecule has 0 aromatic carbocycles. The van der Waals surface area contributed by atoms with Crippen LogP contribution in [0.1, 0.15) is 24.8 Å². The average Bonchev–Trinajstić information content (AvgIpc) is 2.28. The first-order valence-electron chi connectivity index (χ1n) is 5.72. The number of hydrogen-bond donors (Lipinski definition) is 0. The average molecular weight is 255 g/mol. The molecule has 0 N–H and O–H groups in total. The molecule has 17 heavy (non-hydrogen) atoms. The molecule has 1 aromatic rings. The van der Waals surface area contributed by atoms with Crippen molar-refractivity contribution in [1.82, 2.24) is 9.97 Å². The standard InChI is InChI=1S/C11H17N3O2S/c1-9-7-12-8-13-11(9)14-6-4-3-5-10(14)17(2,15)16/h7-8,10H,3-6H2,1-2H3. The number of aromatic nitrogens is 2. The summed E-state index contributed by atoms with van der Waals surface area (Å²) >= 11 is 0. The van der Waals surface area contributed by atoms with Gasteiger partial charge < -0.3 is 4.90 Å². The van der Waals surface area contributed by atoms with Crippen molar-refractivity contribution < 1.29 is 8.42 Å². The van der Waals surface area contributed by atoms with Crippen LogP contribution in [0.4, 0.5) is 5.82 Å². The molecule has 94 valence electrons. The van der Waals surface area contributed by atoms with Gasteiger partial charge in [0, 0.05) is 24.6 Å².